The van der Waals surface area contributed by atoms with Crippen molar-refractivity contribution < 1.29 is 19.4 Å². The van der Waals surface area contributed by atoms with Crippen molar-refractivity contribution >= 4 is 29.5 Å². The number of thiazole rings is 1. The standard InChI is InChI=1S/C20H17NO4S/c1-24-15-10-6-9-14(18(15)25-2)11-12-16-21-17(19(26-16)20(22)23)13-7-4-3-5-8-13/h3-12H,1-2H3,(H,22,23)/b12-11+. The maximum Gasteiger partial charge on any atom is 0.348 e. The number of ether oxygens (including phenoxy) is 2. The molecule has 0 spiro atoms. The van der Waals surface area contributed by atoms with Crippen LogP contribution in [0.5, 0.6) is 11.5 Å². The van der Waals surface area contributed by atoms with Gasteiger partial charge in [0.05, 0.1) is 19.9 Å². The zero-order valence-electron chi connectivity index (χ0n) is 14.3. The maximum atomic E-state index is 11.6. The molecule has 1 heterocycles. The molecule has 26 heavy (non-hydrogen) atoms. The van der Waals surface area contributed by atoms with Gasteiger partial charge in [0.15, 0.2) is 11.5 Å². The molecule has 132 valence electrons. The average Bonchev–Trinajstić information content (AvgIpc) is 3.11. The Balaban J connectivity index is 1.99. The lowest BCUT2D eigenvalue weighted by Crippen LogP contribution is -1.95. The van der Waals surface area contributed by atoms with Crippen molar-refractivity contribution in [3.05, 3.63) is 64.0 Å². The van der Waals surface area contributed by atoms with Crippen LogP contribution in [0.4, 0.5) is 0 Å². The van der Waals surface area contributed by atoms with E-state index in [0.29, 0.717) is 22.2 Å². The van der Waals surface area contributed by atoms with Gasteiger partial charge >= 0.3 is 5.97 Å². The Morgan fingerprint density at radius 2 is 1.81 bits per heavy atom. The Morgan fingerprint density at radius 3 is 2.46 bits per heavy atom. The van der Waals surface area contributed by atoms with Gasteiger partial charge < -0.3 is 14.6 Å². The SMILES string of the molecule is COc1cccc(/C=C/c2nc(-c3ccccc3)c(C(=O)O)s2)c1OC. The lowest BCUT2D eigenvalue weighted by Gasteiger charge is -2.09. The summed E-state index contributed by atoms with van der Waals surface area (Å²) < 4.78 is 10.7. The molecule has 5 nitrogen and oxygen atoms in total. The lowest BCUT2D eigenvalue weighted by molar-refractivity contribution is 0.0702. The van der Waals surface area contributed by atoms with Crippen LogP contribution in [0, 0.1) is 0 Å². The largest absolute Gasteiger partial charge is 0.493 e. The maximum absolute atomic E-state index is 11.6. The number of methoxy groups -OCH3 is 2. The molecule has 6 heteroatoms. The first-order valence-corrected chi connectivity index (χ1v) is 8.64. The highest BCUT2D eigenvalue weighted by Gasteiger charge is 2.17. The third-order valence-corrected chi connectivity index (χ3v) is 4.73. The Morgan fingerprint density at radius 1 is 1.04 bits per heavy atom. The summed E-state index contributed by atoms with van der Waals surface area (Å²) >= 11 is 1.14. The van der Waals surface area contributed by atoms with E-state index >= 15 is 0 Å². The first kappa shape index (κ1) is 17.7. The summed E-state index contributed by atoms with van der Waals surface area (Å²) in [5.74, 6) is 0.259. The van der Waals surface area contributed by atoms with Crippen LogP contribution in [0.25, 0.3) is 23.4 Å². The van der Waals surface area contributed by atoms with E-state index < -0.39 is 5.97 Å². The van der Waals surface area contributed by atoms with Gasteiger partial charge in [-0.2, -0.15) is 0 Å². The normalized spacial score (nSPS) is 10.8. The molecule has 0 unspecified atom stereocenters. The van der Waals surface area contributed by atoms with Gasteiger partial charge in [-0.15, -0.1) is 11.3 Å². The smallest absolute Gasteiger partial charge is 0.348 e. The van der Waals surface area contributed by atoms with Gasteiger partial charge in [-0.25, -0.2) is 9.78 Å². The van der Waals surface area contributed by atoms with E-state index in [1.807, 2.05) is 54.6 Å². The summed E-state index contributed by atoms with van der Waals surface area (Å²) in [4.78, 5) is 16.3. The van der Waals surface area contributed by atoms with Gasteiger partial charge in [-0.05, 0) is 18.2 Å². The molecule has 3 aromatic rings. The zero-order valence-corrected chi connectivity index (χ0v) is 15.1. The van der Waals surface area contributed by atoms with E-state index in [1.54, 1.807) is 20.3 Å². The number of rotatable bonds is 6. The predicted molar refractivity (Wildman–Crippen MR) is 103 cm³/mol. The molecule has 0 aliphatic heterocycles. The summed E-state index contributed by atoms with van der Waals surface area (Å²) in [5, 5.41) is 10.1. The molecule has 1 aromatic heterocycles. The molecule has 3 rings (SSSR count). The summed E-state index contributed by atoms with van der Waals surface area (Å²) in [6, 6.07) is 14.9. The Bertz CT molecular complexity index is 948. The first-order chi connectivity index (χ1) is 12.6. The summed E-state index contributed by atoms with van der Waals surface area (Å²) in [5.41, 5.74) is 2.07. The van der Waals surface area contributed by atoms with E-state index in [9.17, 15) is 9.90 Å². The first-order valence-electron chi connectivity index (χ1n) is 7.82. The van der Waals surface area contributed by atoms with E-state index in [1.165, 1.54) is 0 Å². The summed E-state index contributed by atoms with van der Waals surface area (Å²) in [6.45, 7) is 0. The molecule has 2 aromatic carbocycles. The third-order valence-electron chi connectivity index (χ3n) is 3.72. The lowest BCUT2D eigenvalue weighted by atomic mass is 10.1. The van der Waals surface area contributed by atoms with Crippen molar-refractivity contribution in [3.8, 4) is 22.8 Å². The van der Waals surface area contributed by atoms with Crippen LogP contribution in [0.15, 0.2) is 48.5 Å². The van der Waals surface area contributed by atoms with Gasteiger partial charge in [0.25, 0.3) is 0 Å². The van der Waals surface area contributed by atoms with Crippen molar-refractivity contribution in [2.45, 2.75) is 0 Å². The van der Waals surface area contributed by atoms with Crippen LogP contribution >= 0.6 is 11.3 Å². The molecule has 1 N–H and O–H groups in total. The number of benzene rings is 2. The Labute approximate surface area is 155 Å². The average molecular weight is 367 g/mol. The molecule has 0 bridgehead atoms. The number of aromatic nitrogens is 1. The molecule has 0 aliphatic rings. The van der Waals surface area contributed by atoms with Gasteiger partial charge in [0.1, 0.15) is 9.88 Å². The van der Waals surface area contributed by atoms with E-state index in [4.69, 9.17) is 9.47 Å². The molecule has 0 radical (unpaired) electrons. The van der Waals surface area contributed by atoms with E-state index in [0.717, 1.165) is 22.5 Å². The zero-order chi connectivity index (χ0) is 18.5. The fraction of sp³-hybridized carbons (Fsp3) is 0.100. The van der Waals surface area contributed by atoms with Crippen LogP contribution in [-0.4, -0.2) is 30.3 Å². The molecule has 0 amide bonds. The third kappa shape index (κ3) is 3.60. The fourth-order valence-electron chi connectivity index (χ4n) is 2.55. The fourth-order valence-corrected chi connectivity index (χ4v) is 3.38. The molecular formula is C20H17NO4S. The monoisotopic (exact) mass is 367 g/mol. The Kier molecular flexibility index (Phi) is 5.34. The molecule has 0 fully saturated rings. The van der Waals surface area contributed by atoms with Gasteiger partial charge in [-0.1, -0.05) is 42.5 Å². The van der Waals surface area contributed by atoms with Crippen molar-refractivity contribution in [1.82, 2.24) is 4.98 Å². The van der Waals surface area contributed by atoms with Crippen molar-refractivity contribution in [2.24, 2.45) is 0 Å². The van der Waals surface area contributed by atoms with Crippen LogP contribution in [0.3, 0.4) is 0 Å². The van der Waals surface area contributed by atoms with Crippen LogP contribution in [0.2, 0.25) is 0 Å². The minimum Gasteiger partial charge on any atom is -0.493 e. The molecule has 0 aliphatic carbocycles. The highest BCUT2D eigenvalue weighted by molar-refractivity contribution is 7.15. The number of carbonyl (C=O) groups is 1. The quantitative estimate of drug-likeness (QED) is 0.684. The number of hydrogen-bond acceptors (Lipinski definition) is 5. The second kappa shape index (κ2) is 7.84. The minimum absolute atomic E-state index is 0.216. The minimum atomic E-state index is -0.986. The number of carboxylic acids is 1. The van der Waals surface area contributed by atoms with Crippen molar-refractivity contribution in [3.63, 3.8) is 0 Å². The van der Waals surface area contributed by atoms with Crippen LogP contribution < -0.4 is 9.47 Å². The topological polar surface area (TPSA) is 68.7 Å². The molecular weight excluding hydrogens is 350 g/mol. The second-order valence-corrected chi connectivity index (χ2v) is 6.35. The van der Waals surface area contributed by atoms with Gasteiger partial charge in [0.2, 0.25) is 0 Å². The second-order valence-electron chi connectivity index (χ2n) is 5.32. The van der Waals surface area contributed by atoms with Crippen LogP contribution in [0.1, 0.15) is 20.2 Å². The van der Waals surface area contributed by atoms with E-state index in [2.05, 4.69) is 4.98 Å². The summed E-state index contributed by atoms with van der Waals surface area (Å²) in [6.07, 6.45) is 3.61. The number of nitrogens with zero attached hydrogens (tertiary/aromatic N) is 1. The highest BCUT2D eigenvalue weighted by Crippen LogP contribution is 2.33. The van der Waals surface area contributed by atoms with E-state index in [-0.39, 0.29) is 4.88 Å². The van der Waals surface area contributed by atoms with Gasteiger partial charge in [0, 0.05) is 11.1 Å². The highest BCUT2D eigenvalue weighted by atomic mass is 32.1. The predicted octanol–water partition coefficient (Wildman–Crippen LogP) is 4.70. The Hall–Kier alpha value is -3.12. The van der Waals surface area contributed by atoms with Gasteiger partial charge in [-0.3, -0.25) is 0 Å². The molecule has 0 saturated carbocycles. The number of hydrogen-bond donors (Lipinski definition) is 1. The van der Waals surface area contributed by atoms with Crippen molar-refractivity contribution in [2.75, 3.05) is 14.2 Å². The van der Waals surface area contributed by atoms with Crippen LogP contribution in [-0.2, 0) is 0 Å². The summed E-state index contributed by atoms with van der Waals surface area (Å²) in [7, 11) is 3.16. The molecule has 0 saturated heterocycles. The number of aromatic carboxylic acids is 1. The number of para-hydroxylation sites is 1. The number of carboxylic acid groups (broad SMARTS) is 1. The molecule has 0 atom stereocenters. The van der Waals surface area contributed by atoms with Crippen molar-refractivity contribution in [1.29, 1.82) is 0 Å².